The van der Waals surface area contributed by atoms with Crippen LogP contribution in [0.1, 0.15) is 5.56 Å². The summed E-state index contributed by atoms with van der Waals surface area (Å²) in [6, 6.07) is 16.2. The number of azo groups is 1. The van der Waals surface area contributed by atoms with Crippen molar-refractivity contribution in [2.45, 2.75) is 11.8 Å². The standard InChI is InChI=1S/C17H14N2O4S.Na/c1-11-2-5-13(6-3-11)18-19-17-15-8-7-14(24-23-22-21)10-12(15)4-9-16(17)20;/h2-10,20-21H,1H3;/q;+1/p-1. The maximum Gasteiger partial charge on any atom is 1.00 e. The van der Waals surface area contributed by atoms with E-state index in [4.69, 9.17) is 0 Å². The molecular weight excluding hydrogens is 351 g/mol. The van der Waals surface area contributed by atoms with Crippen molar-refractivity contribution in [1.82, 2.24) is 0 Å². The van der Waals surface area contributed by atoms with Gasteiger partial charge in [-0.15, -0.1) is 5.11 Å². The molecule has 122 valence electrons. The average Bonchev–Trinajstić information content (AvgIpc) is 2.60. The number of benzene rings is 3. The van der Waals surface area contributed by atoms with E-state index in [1.807, 2.05) is 31.2 Å². The molecule has 0 unspecified atom stereocenters. The largest absolute Gasteiger partial charge is 1.00 e. The Morgan fingerprint density at radius 1 is 1.00 bits per heavy atom. The number of hydrogen-bond donors (Lipinski definition) is 1. The molecule has 3 aromatic carbocycles. The number of aromatic hydroxyl groups is 1. The molecule has 0 heterocycles. The molecule has 0 aliphatic heterocycles. The van der Waals surface area contributed by atoms with Gasteiger partial charge in [0.2, 0.25) is 0 Å². The fourth-order valence-electron chi connectivity index (χ4n) is 2.21. The smallest absolute Gasteiger partial charge is 0.691 e. The first-order valence-corrected chi connectivity index (χ1v) is 7.79. The van der Waals surface area contributed by atoms with E-state index in [9.17, 15) is 10.4 Å². The summed E-state index contributed by atoms with van der Waals surface area (Å²) in [7, 11) is 0. The van der Waals surface area contributed by atoms with Crippen LogP contribution in [0.3, 0.4) is 0 Å². The number of phenolic OH excluding ortho intramolecular Hbond substituents is 1. The molecular formula is C17H13N2NaO4S. The summed E-state index contributed by atoms with van der Waals surface area (Å²) < 4.78 is 4.31. The molecule has 0 aromatic heterocycles. The molecule has 0 aliphatic carbocycles. The van der Waals surface area contributed by atoms with Crippen LogP contribution in [-0.4, -0.2) is 5.11 Å². The normalized spacial score (nSPS) is 11.0. The first-order valence-electron chi connectivity index (χ1n) is 7.05. The van der Waals surface area contributed by atoms with Crippen LogP contribution in [0.2, 0.25) is 0 Å². The van der Waals surface area contributed by atoms with Gasteiger partial charge in [0, 0.05) is 10.3 Å². The van der Waals surface area contributed by atoms with Crippen molar-refractivity contribution in [3.63, 3.8) is 0 Å². The second kappa shape index (κ2) is 9.30. The summed E-state index contributed by atoms with van der Waals surface area (Å²) in [5, 5.41) is 33.3. The van der Waals surface area contributed by atoms with Gasteiger partial charge in [0.25, 0.3) is 0 Å². The topological polar surface area (TPSA) is 86.5 Å². The summed E-state index contributed by atoms with van der Waals surface area (Å²) >= 11 is 0.806. The van der Waals surface area contributed by atoms with Crippen LogP contribution in [0.4, 0.5) is 11.4 Å². The first kappa shape index (κ1) is 19.9. The van der Waals surface area contributed by atoms with E-state index in [0.29, 0.717) is 16.3 Å². The molecule has 0 saturated heterocycles. The quantitative estimate of drug-likeness (QED) is 0.244. The SMILES string of the molecule is Cc1ccc(N=Nc2c(O)ccc3cc(SOO[O-])ccc23)cc1.[Na+]. The summed E-state index contributed by atoms with van der Waals surface area (Å²) in [5.74, 6) is 0.0397. The summed E-state index contributed by atoms with van der Waals surface area (Å²) in [4.78, 5) is 0.686. The van der Waals surface area contributed by atoms with E-state index in [2.05, 4.69) is 19.6 Å². The van der Waals surface area contributed by atoms with Crippen molar-refractivity contribution in [3.05, 3.63) is 60.2 Å². The van der Waals surface area contributed by atoms with E-state index in [-0.39, 0.29) is 35.3 Å². The van der Waals surface area contributed by atoms with Gasteiger partial charge in [-0.1, -0.05) is 29.8 Å². The van der Waals surface area contributed by atoms with Crippen LogP contribution in [0.15, 0.2) is 69.7 Å². The van der Waals surface area contributed by atoms with Crippen LogP contribution in [0.25, 0.3) is 10.8 Å². The Bertz CT molecular complexity index is 888. The Balaban J connectivity index is 0.00000225. The molecule has 0 amide bonds. The molecule has 0 bridgehead atoms. The van der Waals surface area contributed by atoms with E-state index in [1.165, 1.54) is 0 Å². The molecule has 25 heavy (non-hydrogen) atoms. The van der Waals surface area contributed by atoms with Gasteiger partial charge in [0.1, 0.15) is 11.4 Å². The molecule has 3 rings (SSSR count). The average molecular weight is 364 g/mol. The molecule has 0 spiro atoms. The van der Waals surface area contributed by atoms with Crippen molar-refractivity contribution < 1.29 is 49.3 Å². The number of nitrogens with zero attached hydrogens (tertiary/aromatic N) is 2. The Labute approximate surface area is 170 Å². The number of hydrogen-bond acceptors (Lipinski definition) is 7. The van der Waals surface area contributed by atoms with Crippen LogP contribution >= 0.6 is 12.0 Å². The van der Waals surface area contributed by atoms with Crippen LogP contribution in [0.5, 0.6) is 5.75 Å². The molecule has 0 fully saturated rings. The van der Waals surface area contributed by atoms with E-state index >= 15 is 0 Å². The van der Waals surface area contributed by atoms with Gasteiger partial charge in [-0.05, 0) is 42.6 Å². The van der Waals surface area contributed by atoms with Gasteiger partial charge in [-0.3, -0.25) is 5.04 Å². The van der Waals surface area contributed by atoms with Crippen molar-refractivity contribution >= 4 is 34.2 Å². The summed E-state index contributed by atoms with van der Waals surface area (Å²) in [6.07, 6.45) is 0. The molecule has 0 saturated carbocycles. The fraction of sp³-hybridized carbons (Fsp3) is 0.0588. The number of fused-ring (bicyclic) bond motifs is 1. The predicted molar refractivity (Wildman–Crippen MR) is 89.0 cm³/mol. The Morgan fingerprint density at radius 2 is 1.76 bits per heavy atom. The minimum absolute atomic E-state index is 0. The van der Waals surface area contributed by atoms with Gasteiger partial charge in [-0.2, -0.15) is 9.45 Å². The van der Waals surface area contributed by atoms with Gasteiger partial charge in [-0.25, -0.2) is 0 Å². The van der Waals surface area contributed by atoms with Crippen LogP contribution in [0, 0.1) is 6.92 Å². The van der Waals surface area contributed by atoms with E-state index < -0.39 is 0 Å². The predicted octanol–water partition coefficient (Wildman–Crippen LogP) is 1.50. The maximum absolute atomic E-state index is 10.1. The number of rotatable bonds is 5. The summed E-state index contributed by atoms with van der Waals surface area (Å²) in [5.41, 5.74) is 2.21. The van der Waals surface area contributed by atoms with Gasteiger partial charge in [0.15, 0.2) is 0 Å². The van der Waals surface area contributed by atoms with E-state index in [0.717, 1.165) is 28.4 Å². The molecule has 1 N–H and O–H groups in total. The Morgan fingerprint density at radius 3 is 2.48 bits per heavy atom. The zero-order valence-electron chi connectivity index (χ0n) is 13.7. The molecule has 6 nitrogen and oxygen atoms in total. The number of phenols is 1. The second-order valence-electron chi connectivity index (χ2n) is 5.07. The van der Waals surface area contributed by atoms with Crippen molar-refractivity contribution in [3.8, 4) is 5.75 Å². The van der Waals surface area contributed by atoms with Crippen LogP contribution in [-0.2, 0) is 9.37 Å². The van der Waals surface area contributed by atoms with Crippen LogP contribution < -0.4 is 34.8 Å². The third-order valence-electron chi connectivity index (χ3n) is 3.40. The van der Waals surface area contributed by atoms with Gasteiger partial charge < -0.3 is 10.4 Å². The molecule has 8 heteroatoms. The van der Waals surface area contributed by atoms with Gasteiger partial charge >= 0.3 is 29.6 Å². The van der Waals surface area contributed by atoms with Gasteiger partial charge in [0.05, 0.1) is 17.7 Å². The fourth-order valence-corrected chi connectivity index (χ4v) is 2.61. The maximum atomic E-state index is 10.1. The van der Waals surface area contributed by atoms with Crippen molar-refractivity contribution in [1.29, 1.82) is 0 Å². The second-order valence-corrected chi connectivity index (χ2v) is 5.85. The molecule has 3 aromatic rings. The minimum Gasteiger partial charge on any atom is -0.691 e. The van der Waals surface area contributed by atoms with Crippen molar-refractivity contribution in [2.24, 2.45) is 10.2 Å². The zero-order valence-corrected chi connectivity index (χ0v) is 16.5. The molecule has 0 atom stereocenters. The Hall–Kier alpha value is -1.45. The molecule has 0 radical (unpaired) electrons. The third-order valence-corrected chi connectivity index (χ3v) is 3.97. The first-order chi connectivity index (χ1) is 11.7. The zero-order chi connectivity index (χ0) is 16.9. The Kier molecular flexibility index (Phi) is 7.39. The van der Waals surface area contributed by atoms with E-state index in [1.54, 1.807) is 30.3 Å². The molecule has 0 aliphatic rings. The number of aryl methyl sites for hydroxylation is 1. The minimum atomic E-state index is 0. The summed E-state index contributed by atoms with van der Waals surface area (Å²) in [6.45, 7) is 1.99. The third kappa shape index (κ3) is 5.02. The van der Waals surface area contributed by atoms with Crippen molar-refractivity contribution in [2.75, 3.05) is 0 Å². The monoisotopic (exact) mass is 364 g/mol.